The van der Waals surface area contributed by atoms with E-state index in [4.69, 9.17) is 4.74 Å². The van der Waals surface area contributed by atoms with Crippen molar-refractivity contribution in [1.29, 1.82) is 0 Å². The van der Waals surface area contributed by atoms with Gasteiger partial charge in [0.05, 0.1) is 18.1 Å². The molecule has 0 bridgehead atoms. The molecule has 0 unspecified atom stereocenters. The van der Waals surface area contributed by atoms with E-state index in [0.29, 0.717) is 6.54 Å². The maximum absolute atomic E-state index is 12.4. The van der Waals surface area contributed by atoms with Crippen molar-refractivity contribution in [3.8, 4) is 22.3 Å². The Morgan fingerprint density at radius 2 is 1.57 bits per heavy atom. The summed E-state index contributed by atoms with van der Waals surface area (Å²) in [6, 6.07) is 20.8. The Hall–Kier alpha value is -2.47. The number of nitrogens with zero attached hydrogens (tertiary/aromatic N) is 1. The number of amides is 1. The van der Waals surface area contributed by atoms with Crippen LogP contribution in [-0.2, 0) is 4.74 Å². The number of rotatable bonds is 6. The minimum absolute atomic E-state index is 0.00501. The smallest absolute Gasteiger partial charge is 0.261 e. The van der Waals surface area contributed by atoms with E-state index in [1.165, 1.54) is 22.5 Å². The van der Waals surface area contributed by atoms with Gasteiger partial charge in [-0.3, -0.25) is 9.69 Å². The molecule has 3 aromatic rings. The summed E-state index contributed by atoms with van der Waals surface area (Å²) in [7, 11) is 0. The predicted molar refractivity (Wildman–Crippen MR) is 115 cm³/mol. The third-order valence-corrected chi connectivity index (χ3v) is 5.89. The largest absolute Gasteiger partial charge is 0.379 e. The molecule has 2 heterocycles. The number of carbonyl (C=O) groups excluding carboxylic acids is 1. The fourth-order valence-corrected chi connectivity index (χ4v) is 4.16. The number of ether oxygens (including phenoxy) is 1. The number of hydrogen-bond acceptors (Lipinski definition) is 4. The van der Waals surface area contributed by atoms with Crippen molar-refractivity contribution in [2.24, 2.45) is 0 Å². The summed E-state index contributed by atoms with van der Waals surface area (Å²) in [4.78, 5) is 15.5. The van der Waals surface area contributed by atoms with Crippen LogP contribution in [0, 0.1) is 0 Å². The molecule has 1 aliphatic rings. The lowest BCUT2D eigenvalue weighted by Crippen LogP contribution is -2.41. The second-order valence-electron chi connectivity index (χ2n) is 6.85. The molecule has 0 spiro atoms. The van der Waals surface area contributed by atoms with Crippen LogP contribution in [0.2, 0.25) is 0 Å². The monoisotopic (exact) mass is 392 g/mol. The molecule has 28 heavy (non-hydrogen) atoms. The van der Waals surface area contributed by atoms with Gasteiger partial charge in [-0.2, -0.15) is 0 Å². The third kappa shape index (κ3) is 4.68. The van der Waals surface area contributed by atoms with E-state index in [1.54, 1.807) is 0 Å². The quantitative estimate of drug-likeness (QED) is 0.685. The average Bonchev–Trinajstić information content (AvgIpc) is 3.26. The number of morpholine rings is 1. The number of carbonyl (C=O) groups is 1. The van der Waals surface area contributed by atoms with Crippen LogP contribution in [-0.4, -0.2) is 50.2 Å². The van der Waals surface area contributed by atoms with Gasteiger partial charge in [-0.05, 0) is 33.7 Å². The van der Waals surface area contributed by atoms with E-state index in [2.05, 4.69) is 52.0 Å². The Kier molecular flexibility index (Phi) is 6.17. The molecule has 4 nitrogen and oxygen atoms in total. The first-order valence-corrected chi connectivity index (χ1v) is 10.5. The molecule has 0 atom stereocenters. The normalized spacial score (nSPS) is 14.7. The Morgan fingerprint density at radius 1 is 0.929 bits per heavy atom. The molecule has 1 fully saturated rings. The van der Waals surface area contributed by atoms with E-state index >= 15 is 0 Å². The van der Waals surface area contributed by atoms with Gasteiger partial charge in [0.2, 0.25) is 0 Å². The first-order valence-electron chi connectivity index (χ1n) is 9.62. The first kappa shape index (κ1) is 18.9. The highest BCUT2D eigenvalue weighted by Gasteiger charge is 2.13. The Bertz CT molecular complexity index is 900. The van der Waals surface area contributed by atoms with Crippen molar-refractivity contribution < 1.29 is 9.53 Å². The number of thiophene rings is 1. The zero-order chi connectivity index (χ0) is 19.2. The topological polar surface area (TPSA) is 41.6 Å². The summed E-state index contributed by atoms with van der Waals surface area (Å²) < 4.78 is 5.35. The molecule has 1 aliphatic heterocycles. The van der Waals surface area contributed by atoms with E-state index in [-0.39, 0.29) is 5.91 Å². The van der Waals surface area contributed by atoms with Crippen LogP contribution in [0.4, 0.5) is 0 Å². The van der Waals surface area contributed by atoms with E-state index in [1.807, 2.05) is 24.3 Å². The van der Waals surface area contributed by atoms with Crippen molar-refractivity contribution in [2.75, 3.05) is 39.4 Å². The van der Waals surface area contributed by atoms with Gasteiger partial charge in [0.25, 0.3) is 5.91 Å². The van der Waals surface area contributed by atoms with Crippen molar-refractivity contribution in [1.82, 2.24) is 10.2 Å². The Morgan fingerprint density at radius 3 is 2.29 bits per heavy atom. The van der Waals surface area contributed by atoms with Crippen LogP contribution in [0.3, 0.4) is 0 Å². The molecule has 1 aromatic heterocycles. The van der Waals surface area contributed by atoms with Crippen molar-refractivity contribution >= 4 is 17.2 Å². The van der Waals surface area contributed by atoms with Crippen LogP contribution >= 0.6 is 11.3 Å². The summed E-state index contributed by atoms with van der Waals surface area (Å²) in [5, 5.41) is 5.08. The molecule has 2 aromatic carbocycles. The highest BCUT2D eigenvalue weighted by atomic mass is 32.1. The summed E-state index contributed by atoms with van der Waals surface area (Å²) in [6.07, 6.45) is 0. The summed E-state index contributed by atoms with van der Waals surface area (Å²) in [5.74, 6) is 0.00501. The molecule has 1 N–H and O–H groups in total. The molecular weight excluding hydrogens is 368 g/mol. The summed E-state index contributed by atoms with van der Waals surface area (Å²) >= 11 is 1.49. The molecular formula is C23H24N2O2S. The highest BCUT2D eigenvalue weighted by Crippen LogP contribution is 2.28. The SMILES string of the molecule is O=C(NCCN1CCOCC1)c1cc(-c2ccc(-c3ccccc3)cc2)cs1. The molecule has 1 saturated heterocycles. The Labute approximate surface area is 169 Å². The van der Waals surface area contributed by atoms with E-state index < -0.39 is 0 Å². The lowest BCUT2D eigenvalue weighted by Gasteiger charge is -2.26. The van der Waals surface area contributed by atoms with Gasteiger partial charge in [0.15, 0.2) is 0 Å². The minimum atomic E-state index is 0.00501. The van der Waals surface area contributed by atoms with E-state index in [9.17, 15) is 4.79 Å². The molecule has 1 amide bonds. The van der Waals surface area contributed by atoms with Gasteiger partial charge in [-0.25, -0.2) is 0 Å². The number of nitrogens with one attached hydrogen (secondary N) is 1. The number of hydrogen-bond donors (Lipinski definition) is 1. The van der Waals surface area contributed by atoms with Gasteiger partial charge in [0, 0.05) is 26.2 Å². The molecule has 4 rings (SSSR count). The molecule has 0 aliphatic carbocycles. The Balaban J connectivity index is 1.35. The second-order valence-corrected chi connectivity index (χ2v) is 7.76. The number of benzene rings is 2. The minimum Gasteiger partial charge on any atom is -0.379 e. The standard InChI is InChI=1S/C23H24N2O2S/c26-23(24-10-11-25-12-14-27-15-13-25)22-16-21(17-28-22)20-8-6-19(7-9-20)18-4-2-1-3-5-18/h1-9,16-17H,10-15H2,(H,24,26). The van der Waals surface area contributed by atoms with Crippen LogP contribution in [0.25, 0.3) is 22.3 Å². The van der Waals surface area contributed by atoms with Crippen LogP contribution in [0.15, 0.2) is 66.0 Å². The molecule has 5 heteroatoms. The summed E-state index contributed by atoms with van der Waals surface area (Å²) in [5.41, 5.74) is 4.62. The zero-order valence-corrected chi connectivity index (χ0v) is 16.6. The maximum Gasteiger partial charge on any atom is 0.261 e. The van der Waals surface area contributed by atoms with Gasteiger partial charge < -0.3 is 10.1 Å². The zero-order valence-electron chi connectivity index (χ0n) is 15.8. The van der Waals surface area contributed by atoms with Gasteiger partial charge in [-0.1, -0.05) is 54.6 Å². The maximum atomic E-state index is 12.4. The van der Waals surface area contributed by atoms with Crippen molar-refractivity contribution in [3.05, 3.63) is 70.9 Å². The first-order chi connectivity index (χ1) is 13.8. The third-order valence-electron chi connectivity index (χ3n) is 4.97. The van der Waals surface area contributed by atoms with Crippen LogP contribution in [0.1, 0.15) is 9.67 Å². The fourth-order valence-electron chi connectivity index (χ4n) is 3.33. The lowest BCUT2D eigenvalue weighted by atomic mass is 10.0. The van der Waals surface area contributed by atoms with Gasteiger partial charge >= 0.3 is 0 Å². The van der Waals surface area contributed by atoms with Crippen molar-refractivity contribution in [2.45, 2.75) is 0 Å². The highest BCUT2D eigenvalue weighted by molar-refractivity contribution is 7.12. The van der Waals surface area contributed by atoms with Gasteiger partial charge in [0.1, 0.15) is 0 Å². The van der Waals surface area contributed by atoms with Crippen LogP contribution in [0.5, 0.6) is 0 Å². The van der Waals surface area contributed by atoms with Gasteiger partial charge in [-0.15, -0.1) is 11.3 Å². The van der Waals surface area contributed by atoms with Crippen LogP contribution < -0.4 is 5.32 Å². The average molecular weight is 393 g/mol. The van der Waals surface area contributed by atoms with E-state index in [0.717, 1.165) is 48.9 Å². The molecule has 144 valence electrons. The fraction of sp³-hybridized carbons (Fsp3) is 0.261. The molecule has 0 radical (unpaired) electrons. The van der Waals surface area contributed by atoms with Crippen molar-refractivity contribution in [3.63, 3.8) is 0 Å². The predicted octanol–water partition coefficient (Wildman–Crippen LogP) is 4.14. The summed E-state index contributed by atoms with van der Waals surface area (Å²) in [6.45, 7) is 4.98. The molecule has 0 saturated carbocycles. The second kappa shape index (κ2) is 9.15. The lowest BCUT2D eigenvalue weighted by molar-refractivity contribution is 0.0383.